The highest BCUT2D eigenvalue weighted by molar-refractivity contribution is 7.93. The predicted octanol–water partition coefficient (Wildman–Crippen LogP) is 2.24. The molecule has 2 aromatic rings. The predicted molar refractivity (Wildman–Crippen MR) is 93.5 cm³/mol. The van der Waals surface area contributed by atoms with Crippen molar-refractivity contribution in [3.05, 3.63) is 58.6 Å². The molecule has 0 aliphatic carbocycles. The fourth-order valence-electron chi connectivity index (χ4n) is 2.73. The van der Waals surface area contributed by atoms with E-state index in [0.29, 0.717) is 18.7 Å². The van der Waals surface area contributed by atoms with Gasteiger partial charge >= 0.3 is 5.97 Å². The van der Waals surface area contributed by atoms with Gasteiger partial charge in [0.2, 0.25) is 0 Å². The normalized spacial score (nSPS) is 13.6. The first-order chi connectivity index (χ1) is 11.9. The molecule has 0 saturated heterocycles. The van der Waals surface area contributed by atoms with E-state index in [1.807, 2.05) is 12.1 Å². The molecule has 1 aliphatic rings. The van der Waals surface area contributed by atoms with Crippen LogP contribution in [0.2, 0.25) is 5.02 Å². The first kappa shape index (κ1) is 17.7. The molecular weight excluding hydrogens is 366 g/mol. The molecule has 1 aliphatic heterocycles. The zero-order valence-electron chi connectivity index (χ0n) is 13.2. The van der Waals surface area contributed by atoms with E-state index in [-0.39, 0.29) is 28.7 Å². The summed E-state index contributed by atoms with van der Waals surface area (Å²) in [5.74, 6) is -0.719. The number of aliphatic hydroxyl groups excluding tert-OH is 1. The molecule has 6 nitrogen and oxygen atoms in total. The number of ether oxygens (including phenoxy) is 1. The van der Waals surface area contributed by atoms with Crippen molar-refractivity contribution in [2.24, 2.45) is 0 Å². The highest BCUT2D eigenvalue weighted by Crippen LogP contribution is 2.35. The quantitative estimate of drug-likeness (QED) is 0.803. The summed E-state index contributed by atoms with van der Waals surface area (Å²) < 4.78 is 32.2. The lowest BCUT2D eigenvalue weighted by Gasteiger charge is -2.20. The lowest BCUT2D eigenvalue weighted by Crippen LogP contribution is -2.29. The Balaban J connectivity index is 1.99. The number of carbonyl (C=O) groups excluding carboxylic acids is 1. The molecule has 1 N–H and O–H groups in total. The van der Waals surface area contributed by atoms with Crippen molar-refractivity contribution in [2.45, 2.75) is 11.3 Å². The molecule has 0 aromatic heterocycles. The van der Waals surface area contributed by atoms with Crippen molar-refractivity contribution in [1.82, 2.24) is 0 Å². The molecule has 0 radical (unpaired) electrons. The monoisotopic (exact) mass is 381 g/mol. The number of nitrogens with zero attached hydrogens (tertiary/aromatic N) is 1. The maximum atomic E-state index is 13.1. The van der Waals surface area contributed by atoms with E-state index in [1.54, 1.807) is 12.1 Å². The molecule has 0 spiro atoms. The molecule has 0 atom stereocenters. The second kappa shape index (κ2) is 7.03. The van der Waals surface area contributed by atoms with E-state index in [4.69, 9.17) is 21.4 Å². The Morgan fingerprint density at radius 2 is 2.00 bits per heavy atom. The topological polar surface area (TPSA) is 83.9 Å². The van der Waals surface area contributed by atoms with Crippen LogP contribution in [0.25, 0.3) is 0 Å². The smallest absolute Gasteiger partial charge is 0.338 e. The van der Waals surface area contributed by atoms with Crippen LogP contribution in [0.3, 0.4) is 0 Å². The molecule has 25 heavy (non-hydrogen) atoms. The number of fused-ring (bicyclic) bond motifs is 1. The minimum atomic E-state index is -3.92. The maximum absolute atomic E-state index is 13.1. The Kier molecular flexibility index (Phi) is 4.99. The summed E-state index contributed by atoms with van der Waals surface area (Å²) in [5, 5.41) is 8.76. The van der Waals surface area contributed by atoms with Gasteiger partial charge in [0.15, 0.2) is 0 Å². The Hall–Kier alpha value is -2.09. The van der Waals surface area contributed by atoms with E-state index < -0.39 is 16.0 Å². The van der Waals surface area contributed by atoms with Gasteiger partial charge in [0.1, 0.15) is 11.5 Å². The van der Waals surface area contributed by atoms with E-state index in [9.17, 15) is 13.2 Å². The van der Waals surface area contributed by atoms with Gasteiger partial charge in [-0.3, -0.25) is 4.31 Å². The average molecular weight is 382 g/mol. The molecule has 2 aromatic carbocycles. The van der Waals surface area contributed by atoms with Crippen molar-refractivity contribution in [1.29, 1.82) is 0 Å². The van der Waals surface area contributed by atoms with Crippen LogP contribution in [-0.4, -0.2) is 39.3 Å². The van der Waals surface area contributed by atoms with Gasteiger partial charge in [-0.25, -0.2) is 13.2 Å². The van der Waals surface area contributed by atoms with Crippen molar-refractivity contribution in [3.8, 4) is 0 Å². The first-order valence-electron chi connectivity index (χ1n) is 7.63. The number of halogens is 1. The highest BCUT2D eigenvalue weighted by Gasteiger charge is 2.32. The summed E-state index contributed by atoms with van der Waals surface area (Å²) in [7, 11) is -3.92. The van der Waals surface area contributed by atoms with Crippen LogP contribution >= 0.6 is 11.6 Å². The standard InChI is InChI=1S/C17H16ClNO5S/c18-14-6-5-13(17(21)24-10-9-20)11-16(14)25(22,23)19-8-7-12-3-1-2-4-15(12)19/h1-6,11,20H,7-10H2. The number of anilines is 1. The third-order valence-corrected chi connectivity index (χ3v) is 6.20. The SMILES string of the molecule is O=C(OCCO)c1ccc(Cl)c(S(=O)(=O)N2CCc3ccccc32)c1. The number of hydrogen-bond acceptors (Lipinski definition) is 5. The third kappa shape index (κ3) is 3.35. The van der Waals surface area contributed by atoms with E-state index >= 15 is 0 Å². The van der Waals surface area contributed by atoms with Gasteiger partial charge in [-0.15, -0.1) is 0 Å². The molecule has 8 heteroatoms. The van der Waals surface area contributed by atoms with Gasteiger partial charge in [0, 0.05) is 6.54 Å². The van der Waals surface area contributed by atoms with Crippen molar-refractivity contribution in [2.75, 3.05) is 24.1 Å². The molecular formula is C17H16ClNO5S. The molecule has 0 bridgehead atoms. The van der Waals surface area contributed by atoms with Crippen molar-refractivity contribution < 1.29 is 23.1 Å². The molecule has 0 unspecified atom stereocenters. The average Bonchev–Trinajstić information content (AvgIpc) is 3.04. The van der Waals surface area contributed by atoms with E-state index in [1.165, 1.54) is 22.5 Å². The summed E-state index contributed by atoms with van der Waals surface area (Å²) in [4.78, 5) is 11.8. The molecule has 132 valence electrons. The fourth-order valence-corrected chi connectivity index (χ4v) is 4.73. The Labute approximate surface area is 150 Å². The number of carbonyl (C=O) groups is 1. The highest BCUT2D eigenvalue weighted by atomic mass is 35.5. The van der Waals surface area contributed by atoms with Gasteiger partial charge in [-0.05, 0) is 36.2 Å². The fraction of sp³-hybridized carbons (Fsp3) is 0.235. The Morgan fingerprint density at radius 1 is 1.24 bits per heavy atom. The molecule has 0 amide bonds. The summed E-state index contributed by atoms with van der Waals surface area (Å²) in [6, 6.07) is 11.2. The minimum absolute atomic E-state index is 0.0306. The second-order valence-corrected chi connectivity index (χ2v) is 7.70. The van der Waals surface area contributed by atoms with E-state index in [0.717, 1.165) is 5.56 Å². The number of benzene rings is 2. The number of esters is 1. The van der Waals surface area contributed by atoms with Crippen LogP contribution in [0.5, 0.6) is 0 Å². The summed E-state index contributed by atoms with van der Waals surface area (Å²) in [6.45, 7) is -0.157. The number of rotatable bonds is 5. The lowest BCUT2D eigenvalue weighted by molar-refractivity contribution is 0.0433. The number of para-hydroxylation sites is 1. The Bertz CT molecular complexity index is 913. The van der Waals surface area contributed by atoms with Crippen molar-refractivity contribution in [3.63, 3.8) is 0 Å². The van der Waals surface area contributed by atoms with Crippen LogP contribution in [0, 0.1) is 0 Å². The molecule has 1 heterocycles. The van der Waals surface area contributed by atoms with Gasteiger partial charge < -0.3 is 9.84 Å². The molecule has 0 fully saturated rings. The van der Waals surface area contributed by atoms with Gasteiger partial charge in [0.25, 0.3) is 10.0 Å². The van der Waals surface area contributed by atoms with Gasteiger partial charge in [0.05, 0.1) is 22.9 Å². The van der Waals surface area contributed by atoms with Crippen LogP contribution in [-0.2, 0) is 21.2 Å². The molecule has 3 rings (SSSR count). The number of aliphatic hydroxyl groups is 1. The van der Waals surface area contributed by atoms with Crippen LogP contribution in [0.15, 0.2) is 47.4 Å². The van der Waals surface area contributed by atoms with Gasteiger partial charge in [-0.1, -0.05) is 29.8 Å². The summed E-state index contributed by atoms with van der Waals surface area (Å²) >= 11 is 6.10. The van der Waals surface area contributed by atoms with Gasteiger partial charge in [-0.2, -0.15) is 0 Å². The van der Waals surface area contributed by atoms with Crippen LogP contribution < -0.4 is 4.31 Å². The lowest BCUT2D eigenvalue weighted by atomic mass is 10.2. The van der Waals surface area contributed by atoms with Crippen molar-refractivity contribution >= 4 is 33.3 Å². The molecule has 0 saturated carbocycles. The number of sulfonamides is 1. The summed E-state index contributed by atoms with van der Waals surface area (Å²) in [6.07, 6.45) is 0.616. The maximum Gasteiger partial charge on any atom is 0.338 e. The zero-order valence-corrected chi connectivity index (χ0v) is 14.8. The van der Waals surface area contributed by atoms with E-state index in [2.05, 4.69) is 0 Å². The second-order valence-electron chi connectivity index (χ2n) is 5.46. The zero-order chi connectivity index (χ0) is 18.0. The third-order valence-electron chi connectivity index (χ3n) is 3.90. The van der Waals surface area contributed by atoms with Crippen LogP contribution in [0.4, 0.5) is 5.69 Å². The first-order valence-corrected chi connectivity index (χ1v) is 9.45. The Morgan fingerprint density at radius 3 is 2.76 bits per heavy atom. The minimum Gasteiger partial charge on any atom is -0.460 e. The van der Waals surface area contributed by atoms with Crippen LogP contribution in [0.1, 0.15) is 15.9 Å². The largest absolute Gasteiger partial charge is 0.460 e. The number of hydrogen-bond donors (Lipinski definition) is 1. The summed E-state index contributed by atoms with van der Waals surface area (Å²) in [5.41, 5.74) is 1.62.